The summed E-state index contributed by atoms with van der Waals surface area (Å²) >= 11 is 0. The summed E-state index contributed by atoms with van der Waals surface area (Å²) in [5, 5.41) is 17.1. The zero-order chi connectivity index (χ0) is 18.2. The molecule has 0 amide bonds. The van der Waals surface area contributed by atoms with E-state index in [-0.39, 0.29) is 31.8 Å². The maximum absolute atomic E-state index is 7.75. The Hall–Kier alpha value is -0.197. The summed E-state index contributed by atoms with van der Waals surface area (Å²) in [5.41, 5.74) is 0. The van der Waals surface area contributed by atoms with Gasteiger partial charge in [-0.2, -0.15) is 26.2 Å². The number of hydrogen-bond acceptors (Lipinski definition) is 2. The van der Waals surface area contributed by atoms with E-state index in [1.807, 2.05) is 27.7 Å². The van der Waals surface area contributed by atoms with Gasteiger partial charge in [0.2, 0.25) is 0 Å². The van der Waals surface area contributed by atoms with Crippen LogP contribution in [0.2, 0.25) is 0 Å². The number of hydrogen-bond donors (Lipinski definition) is 0. The van der Waals surface area contributed by atoms with E-state index in [2.05, 4.69) is 48.7 Å². The van der Waals surface area contributed by atoms with Gasteiger partial charge >= 0.3 is 19.5 Å². The van der Waals surface area contributed by atoms with Crippen LogP contribution in [0.5, 0.6) is 0 Å². The molecule has 0 aliphatic heterocycles. The molecule has 0 aliphatic rings. The minimum absolute atomic E-state index is 0. The van der Waals surface area contributed by atoms with Crippen molar-refractivity contribution < 1.29 is 29.1 Å². The zero-order valence-corrected chi connectivity index (χ0v) is 17.2. The molecule has 0 aromatic rings. The van der Waals surface area contributed by atoms with Gasteiger partial charge in [-0.15, -0.1) is 0 Å². The second-order valence-corrected chi connectivity index (χ2v) is 3.77. The maximum atomic E-state index is 7.75. The Morgan fingerprint density at radius 3 is 0.826 bits per heavy atom. The fourth-order valence-corrected chi connectivity index (χ4v) is 1.47. The molecule has 0 aliphatic carbocycles. The van der Waals surface area contributed by atoms with Crippen molar-refractivity contribution in [3.8, 4) is 0 Å². The first kappa shape index (κ1) is 34.2. The van der Waals surface area contributed by atoms with E-state index in [0.717, 1.165) is 39.0 Å². The number of nitrogens with zero attached hydrogens (tertiary/aromatic N) is 4. The van der Waals surface area contributed by atoms with E-state index in [9.17, 15) is 0 Å². The van der Waals surface area contributed by atoms with Gasteiger partial charge in [0.15, 0.2) is 0 Å². The maximum Gasteiger partial charge on any atom is 6.00 e. The molecule has 0 saturated heterocycles. The van der Waals surface area contributed by atoms with Crippen molar-refractivity contribution in [2.45, 2.75) is 66.7 Å². The molecule has 0 fully saturated rings. The molecule has 0 atom stereocenters. The summed E-state index contributed by atoms with van der Waals surface area (Å²) in [7, 11) is 0. The van der Waals surface area contributed by atoms with Crippen LogP contribution in [0.15, 0.2) is 0 Å². The van der Waals surface area contributed by atoms with Crippen LogP contribution in [0, 0.1) is 0 Å². The normalized spacial score (nSPS) is 8.70. The fourth-order valence-electron chi connectivity index (χ4n) is 1.47. The van der Waals surface area contributed by atoms with Crippen molar-refractivity contribution in [2.24, 2.45) is 0 Å². The van der Waals surface area contributed by atoms with Crippen LogP contribution < -0.4 is 0 Å². The topological polar surface area (TPSA) is 90.5 Å². The molecule has 0 radical (unpaired) electrons. The smallest absolute Gasteiger partial charge is 0.678 e. The number of rotatable bonds is 10. The van der Waals surface area contributed by atoms with Gasteiger partial charge in [0, 0.05) is 0 Å². The Morgan fingerprint density at radius 2 is 0.739 bits per heavy atom. The van der Waals surface area contributed by atoms with Gasteiger partial charge < -0.3 is 30.9 Å². The monoisotopic (exact) mass is 416 g/mol. The zero-order valence-electron chi connectivity index (χ0n) is 15.5. The Morgan fingerprint density at radius 1 is 0.565 bits per heavy atom. The average molecular weight is 416 g/mol. The second-order valence-electron chi connectivity index (χ2n) is 3.77. The molecule has 0 N–H and O–H groups in total. The van der Waals surface area contributed by atoms with Crippen LogP contribution in [-0.4, -0.2) is 52.1 Å². The molecule has 0 aromatic heterocycles. The van der Waals surface area contributed by atoms with Gasteiger partial charge in [-0.3, -0.25) is 13.6 Å². The average Bonchev–Trinajstić information content (AvgIpc) is 2.58. The third kappa shape index (κ3) is 34.2. The summed E-state index contributed by atoms with van der Waals surface area (Å²) in [6.45, 7) is 22.5. The van der Waals surface area contributed by atoms with Crippen LogP contribution in [0.4, 0.5) is 0 Å². The Balaban J connectivity index is -0.0000000743. The summed E-state index contributed by atoms with van der Waals surface area (Å²) in [5.74, 6) is 0. The van der Waals surface area contributed by atoms with Crippen LogP contribution in [0.3, 0.4) is 0 Å². The van der Waals surface area contributed by atoms with Crippen molar-refractivity contribution in [3.63, 3.8) is 0 Å². The Labute approximate surface area is 157 Å². The predicted octanol–water partition coefficient (Wildman–Crippen LogP) is 4.47. The summed E-state index contributed by atoms with van der Waals surface area (Å²) in [4.78, 5) is 15.5. The SMILES string of the molecule is CC[N-]C(CC)[N-]CC.CC[N-]C(CC)[N-]CC.[CH-]=O.[CH-]=O.[Ru+6]. The van der Waals surface area contributed by atoms with E-state index in [1.54, 1.807) is 0 Å². The fraction of sp³-hybridized carbons (Fsp3) is 0.875. The van der Waals surface area contributed by atoms with Crippen molar-refractivity contribution in [1.29, 1.82) is 0 Å². The molecular formula is C16H34N4O2Ru. The van der Waals surface area contributed by atoms with E-state index in [0.29, 0.717) is 0 Å². The van der Waals surface area contributed by atoms with Crippen LogP contribution >= 0.6 is 0 Å². The Bertz CT molecular complexity index is 150. The minimum atomic E-state index is 0. The standard InChI is InChI=1S/2C7H16N2.2CHO.Ru/c2*1-4-7(8-5-2)9-6-3;2*1-2;/h2*7H,4-6H2,1-3H3;2*1H;/q2*-2;2*-1;+6. The van der Waals surface area contributed by atoms with Crippen LogP contribution in [0.1, 0.15) is 54.4 Å². The van der Waals surface area contributed by atoms with Gasteiger partial charge in [-0.05, 0) is 0 Å². The summed E-state index contributed by atoms with van der Waals surface area (Å²) < 4.78 is 0. The van der Waals surface area contributed by atoms with E-state index in [4.69, 9.17) is 9.59 Å². The van der Waals surface area contributed by atoms with Gasteiger partial charge in [0.25, 0.3) is 0 Å². The van der Waals surface area contributed by atoms with Gasteiger partial charge in [-0.25, -0.2) is 12.3 Å². The molecule has 0 heterocycles. The third-order valence-electron chi connectivity index (χ3n) is 2.30. The quantitative estimate of drug-likeness (QED) is 0.299. The molecule has 0 rings (SSSR count). The molecule has 138 valence electrons. The van der Waals surface area contributed by atoms with Gasteiger partial charge in [0.05, 0.1) is 0 Å². The minimum Gasteiger partial charge on any atom is -0.678 e. The molecule has 0 spiro atoms. The van der Waals surface area contributed by atoms with Crippen molar-refractivity contribution in [1.82, 2.24) is 0 Å². The van der Waals surface area contributed by atoms with Crippen LogP contribution in [0.25, 0.3) is 21.3 Å². The number of carbonyl (C=O) groups excluding carboxylic acids is 2. The molecule has 0 bridgehead atoms. The second kappa shape index (κ2) is 37.8. The first-order valence-electron chi connectivity index (χ1n) is 7.83. The van der Waals surface area contributed by atoms with Gasteiger partial charge in [0.1, 0.15) is 0 Å². The first-order valence-corrected chi connectivity index (χ1v) is 7.83. The molecule has 0 unspecified atom stereocenters. The van der Waals surface area contributed by atoms with Crippen molar-refractivity contribution in [3.05, 3.63) is 21.3 Å². The molecule has 6 nitrogen and oxygen atoms in total. The van der Waals surface area contributed by atoms with Gasteiger partial charge in [-0.1, -0.05) is 54.4 Å². The van der Waals surface area contributed by atoms with Crippen molar-refractivity contribution in [2.75, 3.05) is 26.2 Å². The molecule has 0 aromatic carbocycles. The predicted molar refractivity (Wildman–Crippen MR) is 97.3 cm³/mol. The first-order chi connectivity index (χ1) is 10.7. The molecule has 0 saturated carbocycles. The molecular weight excluding hydrogens is 381 g/mol. The molecule has 7 heteroatoms. The van der Waals surface area contributed by atoms with E-state index >= 15 is 0 Å². The summed E-state index contributed by atoms with van der Waals surface area (Å²) in [6.07, 6.45) is 2.61. The summed E-state index contributed by atoms with van der Waals surface area (Å²) in [6, 6.07) is 0. The van der Waals surface area contributed by atoms with Crippen LogP contribution in [-0.2, 0) is 29.1 Å². The van der Waals surface area contributed by atoms with E-state index < -0.39 is 0 Å². The third-order valence-corrected chi connectivity index (χ3v) is 2.30. The Kier molecular flexibility index (Phi) is 56.2. The largest absolute Gasteiger partial charge is 6.00 e. The molecule has 23 heavy (non-hydrogen) atoms. The van der Waals surface area contributed by atoms with E-state index in [1.165, 1.54) is 0 Å². The van der Waals surface area contributed by atoms with Crippen molar-refractivity contribution >= 4 is 13.6 Å².